The maximum atomic E-state index is 11.7. The largest absolute Gasteiger partial charge is 0.328 e. The normalized spacial score (nSPS) is 17.7. The fourth-order valence-corrected chi connectivity index (χ4v) is 2.16. The summed E-state index contributed by atoms with van der Waals surface area (Å²) in [5.74, 6) is -0.0357. The first-order valence-electron chi connectivity index (χ1n) is 5.87. The lowest BCUT2D eigenvalue weighted by atomic mass is 10.0. The molecule has 0 bridgehead atoms. The molecule has 3 heteroatoms. The van der Waals surface area contributed by atoms with Gasteiger partial charge in [0.05, 0.1) is 19.0 Å². The van der Waals surface area contributed by atoms with Gasteiger partial charge in [0.2, 0.25) is 5.91 Å². The lowest BCUT2D eigenvalue weighted by Gasteiger charge is -2.24. The first-order valence-corrected chi connectivity index (χ1v) is 5.87. The van der Waals surface area contributed by atoms with Crippen LogP contribution in [0, 0.1) is 13.8 Å². The van der Waals surface area contributed by atoms with Crippen molar-refractivity contribution in [2.75, 3.05) is 6.54 Å². The Morgan fingerprint density at radius 1 is 1.18 bits per heavy atom. The van der Waals surface area contributed by atoms with Crippen molar-refractivity contribution in [1.82, 2.24) is 4.90 Å². The molecule has 0 radical (unpaired) electrons. The molecule has 1 aromatic rings. The molecule has 0 spiro atoms. The van der Waals surface area contributed by atoms with Crippen LogP contribution in [-0.4, -0.2) is 23.1 Å². The average molecular weight is 231 g/mol. The van der Waals surface area contributed by atoms with Crippen LogP contribution in [0.1, 0.15) is 36.1 Å². The van der Waals surface area contributed by atoms with Crippen LogP contribution in [0.2, 0.25) is 0 Å². The number of nitrogens with zero attached hydrogens (tertiary/aromatic N) is 1. The minimum absolute atomic E-state index is 0.0192. The van der Waals surface area contributed by atoms with E-state index in [4.69, 9.17) is 0 Å². The molecule has 1 amide bonds. The quantitative estimate of drug-likeness (QED) is 0.731. The van der Waals surface area contributed by atoms with Crippen molar-refractivity contribution in [2.24, 2.45) is 0 Å². The fourth-order valence-electron chi connectivity index (χ4n) is 2.16. The van der Waals surface area contributed by atoms with Gasteiger partial charge in [0.15, 0.2) is 5.78 Å². The topological polar surface area (TPSA) is 37.4 Å². The van der Waals surface area contributed by atoms with Crippen molar-refractivity contribution in [1.29, 1.82) is 0 Å². The molecule has 0 aromatic heterocycles. The smallest absolute Gasteiger partial charge is 0.230 e. The highest BCUT2D eigenvalue weighted by molar-refractivity contribution is 6.05. The number of carbonyl (C=O) groups excluding carboxylic acids is 2. The van der Waals surface area contributed by atoms with Crippen molar-refractivity contribution in [3.8, 4) is 0 Å². The van der Waals surface area contributed by atoms with Crippen LogP contribution in [0.5, 0.6) is 0 Å². The van der Waals surface area contributed by atoms with E-state index in [1.165, 1.54) is 11.1 Å². The number of amides is 1. The van der Waals surface area contributed by atoms with E-state index >= 15 is 0 Å². The molecule has 2 rings (SSSR count). The lowest BCUT2D eigenvalue weighted by molar-refractivity contribution is -0.129. The van der Waals surface area contributed by atoms with Gasteiger partial charge in [0.1, 0.15) is 0 Å². The van der Waals surface area contributed by atoms with E-state index in [9.17, 15) is 9.59 Å². The minimum Gasteiger partial charge on any atom is -0.328 e. The molecule has 17 heavy (non-hydrogen) atoms. The molecule has 1 aliphatic heterocycles. The molecule has 0 saturated carbocycles. The second-order valence-electron chi connectivity index (χ2n) is 4.76. The van der Waals surface area contributed by atoms with Gasteiger partial charge >= 0.3 is 0 Å². The standard InChI is InChI=1S/C14H17NO2/c1-9-4-5-12(6-10(9)2)11(3)15-8-13(16)7-14(15)17/h4-6,11H,7-8H2,1-3H3. The van der Waals surface area contributed by atoms with Crippen LogP contribution >= 0.6 is 0 Å². The first-order chi connectivity index (χ1) is 7.99. The maximum absolute atomic E-state index is 11.7. The van der Waals surface area contributed by atoms with Gasteiger partial charge in [-0.15, -0.1) is 0 Å². The molecule has 1 atom stereocenters. The third-order valence-corrected chi connectivity index (χ3v) is 3.50. The van der Waals surface area contributed by atoms with Gasteiger partial charge in [-0.1, -0.05) is 18.2 Å². The molecule has 90 valence electrons. The lowest BCUT2D eigenvalue weighted by Crippen LogP contribution is -2.28. The van der Waals surface area contributed by atoms with Gasteiger partial charge in [-0.2, -0.15) is 0 Å². The van der Waals surface area contributed by atoms with E-state index in [1.54, 1.807) is 4.90 Å². The molecule has 3 nitrogen and oxygen atoms in total. The zero-order chi connectivity index (χ0) is 12.6. The number of ketones is 1. The Balaban J connectivity index is 2.25. The Hall–Kier alpha value is -1.64. The summed E-state index contributed by atoms with van der Waals surface area (Å²) in [4.78, 5) is 24.6. The van der Waals surface area contributed by atoms with Crippen molar-refractivity contribution >= 4 is 11.7 Å². The summed E-state index contributed by atoms with van der Waals surface area (Å²) in [5.41, 5.74) is 3.55. The van der Waals surface area contributed by atoms with Gasteiger partial charge in [-0.05, 0) is 37.5 Å². The average Bonchev–Trinajstić information content (AvgIpc) is 2.61. The number of carbonyl (C=O) groups is 2. The number of rotatable bonds is 2. The van der Waals surface area contributed by atoms with Crippen LogP contribution in [0.15, 0.2) is 18.2 Å². The number of hydrogen-bond donors (Lipinski definition) is 0. The zero-order valence-electron chi connectivity index (χ0n) is 10.5. The third-order valence-electron chi connectivity index (χ3n) is 3.50. The molecule has 1 unspecified atom stereocenters. The van der Waals surface area contributed by atoms with Crippen molar-refractivity contribution in [2.45, 2.75) is 33.2 Å². The van der Waals surface area contributed by atoms with E-state index in [-0.39, 0.29) is 30.7 Å². The van der Waals surface area contributed by atoms with E-state index in [2.05, 4.69) is 26.0 Å². The Morgan fingerprint density at radius 3 is 2.41 bits per heavy atom. The Labute approximate surface area is 101 Å². The minimum atomic E-state index is -0.0549. The van der Waals surface area contributed by atoms with Gasteiger partial charge in [0, 0.05) is 0 Å². The van der Waals surface area contributed by atoms with Crippen LogP contribution in [0.25, 0.3) is 0 Å². The highest BCUT2D eigenvalue weighted by atomic mass is 16.2. The van der Waals surface area contributed by atoms with E-state index in [0.29, 0.717) is 0 Å². The molecular weight excluding hydrogens is 214 g/mol. The number of benzene rings is 1. The Kier molecular flexibility index (Phi) is 3.01. The van der Waals surface area contributed by atoms with Crippen LogP contribution in [0.4, 0.5) is 0 Å². The molecule has 0 aliphatic carbocycles. The van der Waals surface area contributed by atoms with E-state index in [0.717, 1.165) is 5.56 Å². The van der Waals surface area contributed by atoms with Crippen molar-refractivity contribution < 1.29 is 9.59 Å². The van der Waals surface area contributed by atoms with E-state index < -0.39 is 0 Å². The predicted octanol–water partition coefficient (Wildman–Crippen LogP) is 2.17. The van der Waals surface area contributed by atoms with Crippen LogP contribution < -0.4 is 0 Å². The van der Waals surface area contributed by atoms with Gasteiger partial charge in [0.25, 0.3) is 0 Å². The first kappa shape index (κ1) is 11.8. The summed E-state index contributed by atoms with van der Waals surface area (Å²) >= 11 is 0. The number of Topliss-reactive ketones (excluding diaryl/α,β-unsaturated/α-hetero) is 1. The molecule has 1 fully saturated rings. The van der Waals surface area contributed by atoms with Crippen molar-refractivity contribution in [3.05, 3.63) is 34.9 Å². The molecule has 1 saturated heterocycles. The Bertz CT molecular complexity index is 479. The monoisotopic (exact) mass is 231 g/mol. The zero-order valence-corrected chi connectivity index (χ0v) is 10.5. The summed E-state index contributed by atoms with van der Waals surface area (Å²) < 4.78 is 0. The van der Waals surface area contributed by atoms with Crippen molar-refractivity contribution in [3.63, 3.8) is 0 Å². The predicted molar refractivity (Wildman–Crippen MR) is 65.7 cm³/mol. The van der Waals surface area contributed by atoms with Crippen LogP contribution in [0.3, 0.4) is 0 Å². The summed E-state index contributed by atoms with van der Waals surface area (Å²) in [6, 6.07) is 6.16. The summed E-state index contributed by atoms with van der Waals surface area (Å²) in [5, 5.41) is 0. The maximum Gasteiger partial charge on any atom is 0.230 e. The molecule has 1 heterocycles. The van der Waals surface area contributed by atoms with Gasteiger partial charge in [-0.3, -0.25) is 9.59 Å². The molecular formula is C14H17NO2. The summed E-state index contributed by atoms with van der Waals surface area (Å²) in [6.07, 6.45) is 0.0647. The number of likely N-dealkylation sites (tertiary alicyclic amines) is 1. The molecule has 0 N–H and O–H groups in total. The second-order valence-corrected chi connectivity index (χ2v) is 4.76. The molecule has 1 aromatic carbocycles. The molecule has 1 aliphatic rings. The van der Waals surface area contributed by atoms with Gasteiger partial charge in [-0.25, -0.2) is 0 Å². The number of aryl methyl sites for hydroxylation is 2. The highest BCUT2D eigenvalue weighted by Gasteiger charge is 2.31. The second kappa shape index (κ2) is 4.32. The fraction of sp³-hybridized carbons (Fsp3) is 0.429. The number of hydrogen-bond acceptors (Lipinski definition) is 2. The summed E-state index contributed by atoms with van der Waals surface area (Å²) in [6.45, 7) is 6.35. The Morgan fingerprint density at radius 2 is 1.88 bits per heavy atom. The third kappa shape index (κ3) is 2.23. The SMILES string of the molecule is Cc1ccc(C(C)N2CC(=O)CC2=O)cc1C. The highest BCUT2D eigenvalue weighted by Crippen LogP contribution is 2.25. The van der Waals surface area contributed by atoms with Crippen LogP contribution in [-0.2, 0) is 9.59 Å². The van der Waals surface area contributed by atoms with E-state index in [1.807, 2.05) is 13.0 Å². The summed E-state index contributed by atoms with van der Waals surface area (Å²) in [7, 11) is 0. The van der Waals surface area contributed by atoms with Gasteiger partial charge < -0.3 is 4.90 Å².